The van der Waals surface area contributed by atoms with Crippen LogP contribution in [0.5, 0.6) is 0 Å². The van der Waals surface area contributed by atoms with Crippen molar-refractivity contribution in [1.29, 1.82) is 0 Å². The molecule has 1 saturated heterocycles. The molecule has 0 bridgehead atoms. The highest BCUT2D eigenvalue weighted by atomic mass is 35.5. The van der Waals surface area contributed by atoms with Gasteiger partial charge in [0.25, 0.3) is 0 Å². The quantitative estimate of drug-likeness (QED) is 0.446. The Morgan fingerprint density at radius 2 is 1.71 bits per heavy atom. The number of hydrogen-bond donors (Lipinski definition) is 1. The Bertz CT molecular complexity index is 1050. The number of halogens is 1. The van der Waals surface area contributed by atoms with Gasteiger partial charge >= 0.3 is 0 Å². The molecule has 2 aromatic carbocycles. The van der Waals surface area contributed by atoms with Crippen molar-refractivity contribution in [3.63, 3.8) is 0 Å². The molecule has 34 heavy (non-hydrogen) atoms. The molecule has 3 rings (SSSR count). The predicted octanol–water partition coefficient (Wildman–Crippen LogP) is 4.76. The maximum absolute atomic E-state index is 13.1. The first-order valence-corrected chi connectivity index (χ1v) is 14.0. The average molecular weight is 506 g/mol. The number of nitrogens with one attached hydrogen (secondary N) is 1. The van der Waals surface area contributed by atoms with Crippen molar-refractivity contribution in [1.82, 2.24) is 14.5 Å². The fourth-order valence-corrected chi connectivity index (χ4v) is 6.36. The fraction of sp³-hybridized carbons (Fsp3) is 0.500. The summed E-state index contributed by atoms with van der Waals surface area (Å²) in [5.41, 5.74) is 1.43. The van der Waals surface area contributed by atoms with Gasteiger partial charge < -0.3 is 5.32 Å². The molecule has 1 aliphatic rings. The van der Waals surface area contributed by atoms with Gasteiger partial charge in [-0.25, -0.2) is 8.42 Å². The number of carbonyl (C=O) groups excluding carboxylic acids is 1. The van der Waals surface area contributed by atoms with Crippen LogP contribution < -0.4 is 5.32 Å². The maximum atomic E-state index is 13.1. The first kappa shape index (κ1) is 26.8. The lowest BCUT2D eigenvalue weighted by atomic mass is 10.0. The zero-order chi connectivity index (χ0) is 24.6. The topological polar surface area (TPSA) is 69.7 Å². The Balaban J connectivity index is 1.69. The van der Waals surface area contributed by atoms with Gasteiger partial charge in [0.1, 0.15) is 0 Å². The molecule has 0 aromatic heterocycles. The smallest absolute Gasteiger partial charge is 0.243 e. The molecular formula is C26H36ClN3O3S. The maximum Gasteiger partial charge on any atom is 0.243 e. The van der Waals surface area contributed by atoms with Crippen LogP contribution in [0.1, 0.15) is 61.5 Å². The summed E-state index contributed by atoms with van der Waals surface area (Å²) in [7, 11) is -3.59. The minimum atomic E-state index is -3.59. The molecule has 0 amide bonds. The van der Waals surface area contributed by atoms with Gasteiger partial charge in [0.2, 0.25) is 10.0 Å². The standard InChI is InChI=1S/C26H36ClN3O3S/c1-3-29(4-2)25(23-14-7-8-15-24(23)27)19-28-20-26(31)21-12-11-13-22(18-21)34(32,33)30-16-9-5-6-10-17-30/h7-8,11-15,18,25,28H,3-6,9-10,16-17,19-20H2,1-2H3. The van der Waals surface area contributed by atoms with E-state index in [1.807, 2.05) is 24.3 Å². The van der Waals surface area contributed by atoms with E-state index >= 15 is 0 Å². The summed E-state index contributed by atoms with van der Waals surface area (Å²) in [5, 5.41) is 3.99. The zero-order valence-electron chi connectivity index (χ0n) is 20.2. The molecule has 6 nitrogen and oxygen atoms in total. The lowest BCUT2D eigenvalue weighted by molar-refractivity contribution is 0.0986. The molecule has 1 heterocycles. The molecule has 1 atom stereocenters. The van der Waals surface area contributed by atoms with Crippen LogP contribution in [0, 0.1) is 0 Å². The number of Topliss-reactive ketones (excluding diaryl/α,β-unsaturated/α-hetero) is 1. The van der Waals surface area contributed by atoms with Crippen LogP contribution in [0.25, 0.3) is 0 Å². The van der Waals surface area contributed by atoms with Gasteiger partial charge in [-0.1, -0.05) is 68.6 Å². The molecule has 1 N–H and O–H groups in total. The fourth-order valence-electron chi connectivity index (χ4n) is 4.53. The third-order valence-corrected chi connectivity index (χ3v) is 8.74. The summed E-state index contributed by atoms with van der Waals surface area (Å²) in [6.45, 7) is 7.69. The minimum absolute atomic E-state index is 0.0336. The molecule has 0 aliphatic carbocycles. The largest absolute Gasteiger partial charge is 0.308 e. The summed E-state index contributed by atoms with van der Waals surface area (Å²) in [6, 6.07) is 14.3. The molecule has 0 saturated carbocycles. The summed E-state index contributed by atoms with van der Waals surface area (Å²) >= 11 is 6.47. The number of ketones is 1. The van der Waals surface area contributed by atoms with Gasteiger partial charge in [-0.05, 0) is 49.7 Å². The van der Waals surface area contributed by atoms with Crippen molar-refractivity contribution < 1.29 is 13.2 Å². The third kappa shape index (κ3) is 6.67. The van der Waals surface area contributed by atoms with Crippen LogP contribution in [0.15, 0.2) is 53.4 Å². The van der Waals surface area contributed by atoms with E-state index in [2.05, 4.69) is 24.1 Å². The van der Waals surface area contributed by atoms with Crippen molar-refractivity contribution in [2.75, 3.05) is 39.3 Å². The van der Waals surface area contributed by atoms with Crippen LogP contribution in [-0.4, -0.2) is 62.7 Å². The first-order chi connectivity index (χ1) is 16.4. The minimum Gasteiger partial charge on any atom is -0.308 e. The molecule has 0 spiro atoms. The van der Waals surface area contributed by atoms with E-state index in [4.69, 9.17) is 11.6 Å². The van der Waals surface area contributed by atoms with Crippen LogP contribution in [0.2, 0.25) is 5.02 Å². The number of rotatable bonds is 11. The van der Waals surface area contributed by atoms with E-state index in [1.54, 1.807) is 22.5 Å². The van der Waals surface area contributed by atoms with Crippen molar-refractivity contribution in [2.45, 2.75) is 50.5 Å². The van der Waals surface area contributed by atoms with Gasteiger partial charge in [0, 0.05) is 36.3 Å². The predicted molar refractivity (Wildman–Crippen MR) is 138 cm³/mol. The summed E-state index contributed by atoms with van der Waals surface area (Å²) < 4.78 is 27.8. The average Bonchev–Trinajstić information content (AvgIpc) is 3.14. The summed E-state index contributed by atoms with van der Waals surface area (Å²) in [6.07, 6.45) is 3.86. The highest BCUT2D eigenvalue weighted by Crippen LogP contribution is 2.27. The van der Waals surface area contributed by atoms with E-state index in [9.17, 15) is 13.2 Å². The summed E-state index contributed by atoms with van der Waals surface area (Å²) in [4.78, 5) is 15.4. The summed E-state index contributed by atoms with van der Waals surface area (Å²) in [5.74, 6) is -0.134. The Kier molecular flexibility index (Phi) is 10.1. The number of benzene rings is 2. The van der Waals surface area contributed by atoms with Crippen LogP contribution in [-0.2, 0) is 10.0 Å². The number of sulfonamides is 1. The Labute approximate surface area is 209 Å². The molecule has 1 unspecified atom stereocenters. The first-order valence-electron chi connectivity index (χ1n) is 12.2. The Morgan fingerprint density at radius 1 is 1.03 bits per heavy atom. The van der Waals surface area contributed by atoms with Crippen LogP contribution in [0.3, 0.4) is 0 Å². The van der Waals surface area contributed by atoms with Crippen molar-refractivity contribution in [3.8, 4) is 0 Å². The van der Waals surface area contributed by atoms with Gasteiger partial charge in [-0.15, -0.1) is 0 Å². The zero-order valence-corrected chi connectivity index (χ0v) is 21.7. The van der Waals surface area contributed by atoms with Gasteiger partial charge in [-0.2, -0.15) is 4.31 Å². The normalized spacial score (nSPS) is 16.4. The van der Waals surface area contributed by atoms with Gasteiger partial charge in [0.15, 0.2) is 5.78 Å². The highest BCUT2D eigenvalue weighted by molar-refractivity contribution is 7.89. The molecule has 0 radical (unpaired) electrons. The second-order valence-corrected chi connectivity index (χ2v) is 11.0. The molecule has 1 fully saturated rings. The molecule has 8 heteroatoms. The monoisotopic (exact) mass is 505 g/mol. The SMILES string of the molecule is CCN(CC)C(CNCC(=O)c1cccc(S(=O)(=O)N2CCCCCC2)c1)c1ccccc1Cl. The molecule has 2 aromatic rings. The second kappa shape index (κ2) is 12.8. The number of nitrogens with zero attached hydrogens (tertiary/aromatic N) is 2. The van der Waals surface area contributed by atoms with Gasteiger partial charge in [-0.3, -0.25) is 9.69 Å². The number of hydrogen-bond acceptors (Lipinski definition) is 5. The third-order valence-electron chi connectivity index (χ3n) is 6.50. The van der Waals surface area contributed by atoms with Crippen molar-refractivity contribution in [3.05, 3.63) is 64.7 Å². The van der Waals surface area contributed by atoms with Gasteiger partial charge in [0.05, 0.1) is 11.4 Å². The van der Waals surface area contributed by atoms with E-state index in [0.717, 1.165) is 44.3 Å². The molecule has 1 aliphatic heterocycles. The number of carbonyl (C=O) groups is 1. The van der Waals surface area contributed by atoms with Crippen LogP contribution >= 0.6 is 11.6 Å². The van der Waals surface area contributed by atoms with E-state index < -0.39 is 10.0 Å². The van der Waals surface area contributed by atoms with E-state index in [0.29, 0.717) is 30.2 Å². The Hall–Kier alpha value is -1.77. The van der Waals surface area contributed by atoms with E-state index in [1.165, 1.54) is 6.07 Å². The lowest BCUT2D eigenvalue weighted by Crippen LogP contribution is -2.37. The number of likely N-dealkylation sites (N-methyl/N-ethyl adjacent to an activating group) is 1. The molecular weight excluding hydrogens is 470 g/mol. The molecule has 186 valence electrons. The Morgan fingerprint density at radius 3 is 2.35 bits per heavy atom. The van der Waals surface area contributed by atoms with Crippen molar-refractivity contribution >= 4 is 27.4 Å². The van der Waals surface area contributed by atoms with Crippen LogP contribution in [0.4, 0.5) is 0 Å². The highest BCUT2D eigenvalue weighted by Gasteiger charge is 2.26. The van der Waals surface area contributed by atoms with Crippen molar-refractivity contribution in [2.24, 2.45) is 0 Å². The van der Waals surface area contributed by atoms with E-state index in [-0.39, 0.29) is 23.3 Å². The second-order valence-electron chi connectivity index (χ2n) is 8.66. The lowest BCUT2D eigenvalue weighted by Gasteiger charge is -2.31.